The highest BCUT2D eigenvalue weighted by Crippen LogP contribution is 2.24. The van der Waals surface area contributed by atoms with Gasteiger partial charge in [0.2, 0.25) is 16.0 Å². The van der Waals surface area contributed by atoms with Crippen molar-refractivity contribution in [2.45, 2.75) is 44.0 Å². The van der Waals surface area contributed by atoms with Crippen molar-refractivity contribution in [2.24, 2.45) is 0 Å². The van der Waals surface area contributed by atoms with Crippen LogP contribution in [0.15, 0.2) is 66.0 Å². The molecule has 0 atom stereocenters. The lowest BCUT2D eigenvalue weighted by Crippen LogP contribution is -2.28. The largest absolute Gasteiger partial charge is 0.324 e. The van der Waals surface area contributed by atoms with Crippen molar-refractivity contribution in [3.63, 3.8) is 0 Å². The van der Waals surface area contributed by atoms with Crippen LogP contribution in [0, 0.1) is 0 Å². The van der Waals surface area contributed by atoms with Crippen molar-refractivity contribution in [1.29, 1.82) is 0 Å². The summed E-state index contributed by atoms with van der Waals surface area (Å²) in [5, 5.41) is 8.54. The zero-order valence-electron chi connectivity index (χ0n) is 21.1. The van der Waals surface area contributed by atoms with Gasteiger partial charge in [0.05, 0.1) is 16.6 Å². The SMILES string of the molecule is CCCn1cc(-c2ccc3cnc(Nc4ccc(S(=O)(=O)NCCCN5CCCC5)cc4)nc3c2)cn1. The Morgan fingerprint density at radius 3 is 2.57 bits per heavy atom. The Balaban J connectivity index is 1.22. The highest BCUT2D eigenvalue weighted by Gasteiger charge is 2.15. The van der Waals surface area contributed by atoms with E-state index < -0.39 is 10.0 Å². The van der Waals surface area contributed by atoms with E-state index in [1.807, 2.05) is 35.3 Å². The third kappa shape index (κ3) is 6.33. The number of nitrogens with one attached hydrogen (secondary N) is 2. The predicted molar refractivity (Wildman–Crippen MR) is 146 cm³/mol. The summed E-state index contributed by atoms with van der Waals surface area (Å²) >= 11 is 0. The van der Waals surface area contributed by atoms with E-state index in [0.29, 0.717) is 18.2 Å². The Kier molecular flexibility index (Phi) is 7.78. The van der Waals surface area contributed by atoms with Crippen LogP contribution >= 0.6 is 0 Å². The second-order valence-electron chi connectivity index (χ2n) is 9.41. The molecule has 0 amide bonds. The van der Waals surface area contributed by atoms with Gasteiger partial charge in [-0.3, -0.25) is 4.68 Å². The summed E-state index contributed by atoms with van der Waals surface area (Å²) in [5.41, 5.74) is 3.62. The Morgan fingerprint density at radius 2 is 1.78 bits per heavy atom. The first-order chi connectivity index (χ1) is 18.0. The van der Waals surface area contributed by atoms with E-state index in [4.69, 9.17) is 0 Å². The topological polar surface area (TPSA) is 105 Å². The van der Waals surface area contributed by atoms with Crippen molar-refractivity contribution in [1.82, 2.24) is 29.4 Å². The van der Waals surface area contributed by atoms with Gasteiger partial charge in [0, 0.05) is 42.1 Å². The Labute approximate surface area is 218 Å². The number of rotatable bonds is 11. The van der Waals surface area contributed by atoms with Gasteiger partial charge in [-0.05, 0) is 81.2 Å². The number of nitrogens with zero attached hydrogens (tertiary/aromatic N) is 5. The van der Waals surface area contributed by atoms with Crippen LogP contribution in [0.2, 0.25) is 0 Å². The molecule has 1 fully saturated rings. The van der Waals surface area contributed by atoms with Crippen molar-refractivity contribution in [2.75, 3.05) is 31.5 Å². The van der Waals surface area contributed by atoms with E-state index in [9.17, 15) is 8.42 Å². The number of fused-ring (bicyclic) bond motifs is 1. The van der Waals surface area contributed by atoms with E-state index in [2.05, 4.69) is 36.9 Å². The van der Waals surface area contributed by atoms with Crippen LogP contribution in [0.25, 0.3) is 22.0 Å². The predicted octanol–water partition coefficient (Wildman–Crippen LogP) is 4.41. The summed E-state index contributed by atoms with van der Waals surface area (Å²) in [5.74, 6) is 0.446. The van der Waals surface area contributed by atoms with E-state index in [1.54, 1.807) is 30.5 Å². The van der Waals surface area contributed by atoms with Gasteiger partial charge in [-0.25, -0.2) is 23.1 Å². The molecule has 37 heavy (non-hydrogen) atoms. The quantitative estimate of drug-likeness (QED) is 0.283. The number of benzene rings is 2. The maximum Gasteiger partial charge on any atom is 0.240 e. The minimum absolute atomic E-state index is 0.243. The van der Waals surface area contributed by atoms with Gasteiger partial charge in [-0.2, -0.15) is 5.10 Å². The molecular formula is C27H33N7O2S. The molecule has 194 valence electrons. The highest BCUT2D eigenvalue weighted by molar-refractivity contribution is 7.89. The number of anilines is 2. The van der Waals surface area contributed by atoms with Crippen LogP contribution in [-0.4, -0.2) is 59.2 Å². The zero-order valence-corrected chi connectivity index (χ0v) is 21.9. The Morgan fingerprint density at radius 1 is 0.973 bits per heavy atom. The number of hydrogen-bond acceptors (Lipinski definition) is 7. The van der Waals surface area contributed by atoms with Gasteiger partial charge in [-0.1, -0.05) is 19.1 Å². The zero-order chi connectivity index (χ0) is 25.7. The first-order valence-corrected chi connectivity index (χ1v) is 14.4. The average molecular weight is 520 g/mol. The van der Waals surface area contributed by atoms with E-state index in [-0.39, 0.29) is 4.90 Å². The summed E-state index contributed by atoms with van der Waals surface area (Å²) in [6.45, 7) is 6.62. The summed E-state index contributed by atoms with van der Waals surface area (Å²) < 4.78 is 30.0. The third-order valence-electron chi connectivity index (χ3n) is 6.56. The van der Waals surface area contributed by atoms with Gasteiger partial charge in [0.25, 0.3) is 0 Å². The van der Waals surface area contributed by atoms with E-state index in [1.165, 1.54) is 12.8 Å². The molecule has 2 N–H and O–H groups in total. The molecule has 0 bridgehead atoms. The molecule has 0 aliphatic carbocycles. The number of aryl methyl sites for hydroxylation is 1. The standard InChI is InChI=1S/C27H33N7O2S/c1-2-13-34-20-23(19-29-34)21-6-7-22-18-28-27(32-26(22)17-21)31-24-8-10-25(11-9-24)37(35,36)30-12-5-16-33-14-3-4-15-33/h6-11,17-20,30H,2-5,12-16H2,1H3,(H,28,31,32). The maximum absolute atomic E-state index is 12.7. The third-order valence-corrected chi connectivity index (χ3v) is 8.04. The summed E-state index contributed by atoms with van der Waals surface area (Å²) in [6, 6.07) is 12.7. The van der Waals surface area contributed by atoms with Gasteiger partial charge in [0.1, 0.15) is 0 Å². The number of likely N-dealkylation sites (tertiary alicyclic amines) is 1. The molecule has 1 saturated heterocycles. The first-order valence-electron chi connectivity index (χ1n) is 12.9. The van der Waals surface area contributed by atoms with Crippen LogP contribution in [0.1, 0.15) is 32.6 Å². The summed E-state index contributed by atoms with van der Waals surface area (Å²) in [4.78, 5) is 11.7. The van der Waals surface area contributed by atoms with E-state index >= 15 is 0 Å². The second-order valence-corrected chi connectivity index (χ2v) is 11.2. The van der Waals surface area contributed by atoms with Gasteiger partial charge >= 0.3 is 0 Å². The maximum atomic E-state index is 12.7. The van der Waals surface area contributed by atoms with E-state index in [0.717, 1.165) is 61.1 Å². The summed E-state index contributed by atoms with van der Waals surface area (Å²) in [7, 11) is -3.54. The fourth-order valence-corrected chi connectivity index (χ4v) is 5.65. The lowest BCUT2D eigenvalue weighted by Gasteiger charge is -2.14. The summed E-state index contributed by atoms with van der Waals surface area (Å²) in [6.07, 6.45) is 10.0. The molecule has 10 heteroatoms. The van der Waals surface area contributed by atoms with Crippen molar-refractivity contribution in [3.05, 3.63) is 61.1 Å². The molecule has 0 unspecified atom stereocenters. The molecule has 1 aliphatic heterocycles. The molecule has 5 rings (SSSR count). The average Bonchev–Trinajstić information content (AvgIpc) is 3.59. The second kappa shape index (κ2) is 11.4. The fraction of sp³-hybridized carbons (Fsp3) is 0.370. The molecule has 1 aliphatic rings. The number of sulfonamides is 1. The number of hydrogen-bond donors (Lipinski definition) is 2. The first kappa shape index (κ1) is 25.3. The molecule has 0 saturated carbocycles. The van der Waals surface area contributed by atoms with Gasteiger partial charge in [0.15, 0.2) is 0 Å². The minimum atomic E-state index is -3.54. The van der Waals surface area contributed by atoms with Crippen LogP contribution in [0.4, 0.5) is 11.6 Å². The molecule has 2 aromatic heterocycles. The Hall–Kier alpha value is -3.34. The highest BCUT2D eigenvalue weighted by atomic mass is 32.2. The lowest BCUT2D eigenvalue weighted by atomic mass is 10.1. The normalized spacial score (nSPS) is 14.4. The number of aromatic nitrogens is 4. The molecule has 0 spiro atoms. The molecular weight excluding hydrogens is 486 g/mol. The van der Waals surface area contributed by atoms with Gasteiger partial charge < -0.3 is 10.2 Å². The minimum Gasteiger partial charge on any atom is -0.324 e. The van der Waals surface area contributed by atoms with Crippen molar-refractivity contribution in [3.8, 4) is 11.1 Å². The lowest BCUT2D eigenvalue weighted by molar-refractivity contribution is 0.334. The van der Waals surface area contributed by atoms with Crippen LogP contribution < -0.4 is 10.0 Å². The smallest absolute Gasteiger partial charge is 0.240 e. The van der Waals surface area contributed by atoms with Crippen molar-refractivity contribution >= 4 is 32.6 Å². The molecule has 3 heterocycles. The molecule has 0 radical (unpaired) electrons. The Bertz CT molecular complexity index is 1450. The monoisotopic (exact) mass is 519 g/mol. The molecule has 4 aromatic rings. The fourth-order valence-electron chi connectivity index (χ4n) is 4.57. The molecule has 9 nitrogen and oxygen atoms in total. The molecule has 2 aromatic carbocycles. The van der Waals surface area contributed by atoms with Crippen molar-refractivity contribution < 1.29 is 8.42 Å². The van der Waals surface area contributed by atoms with Crippen LogP contribution in [0.5, 0.6) is 0 Å². The van der Waals surface area contributed by atoms with Crippen LogP contribution in [0.3, 0.4) is 0 Å². The van der Waals surface area contributed by atoms with Gasteiger partial charge in [-0.15, -0.1) is 0 Å². The van der Waals surface area contributed by atoms with Crippen LogP contribution in [-0.2, 0) is 16.6 Å².